The molecule has 1 aliphatic heterocycles. The first-order chi connectivity index (χ1) is 9.63. The first-order valence-electron chi connectivity index (χ1n) is 6.46. The van der Waals surface area contributed by atoms with Gasteiger partial charge in [0.25, 0.3) is 0 Å². The van der Waals surface area contributed by atoms with Crippen LogP contribution in [0.15, 0.2) is 33.8 Å². The van der Waals surface area contributed by atoms with Crippen molar-refractivity contribution in [3.05, 3.63) is 39.3 Å². The van der Waals surface area contributed by atoms with Gasteiger partial charge in [0.15, 0.2) is 5.13 Å². The van der Waals surface area contributed by atoms with Crippen LogP contribution in [0.3, 0.4) is 0 Å². The maximum Gasteiger partial charge on any atom is 0.180 e. The van der Waals surface area contributed by atoms with E-state index in [0.717, 1.165) is 11.0 Å². The molecule has 1 atom stereocenters. The molecule has 114 valence electrons. The molecule has 2 N–H and O–H groups in total. The van der Waals surface area contributed by atoms with E-state index in [1.807, 2.05) is 18.0 Å². The van der Waals surface area contributed by atoms with E-state index < -0.39 is 0 Å². The number of fused-ring (bicyclic) bond motifs is 1. The fraction of sp³-hybridized carbons (Fsp3) is 0.357. The molecule has 1 aromatic carbocycles. The highest BCUT2D eigenvalue weighted by atomic mass is 79.9. The van der Waals surface area contributed by atoms with Crippen LogP contribution in [0.25, 0.3) is 0 Å². The number of nitrogens with zero attached hydrogens (tertiary/aromatic N) is 2. The minimum absolute atomic E-state index is 0. The highest BCUT2D eigenvalue weighted by Crippen LogP contribution is 2.40. The summed E-state index contributed by atoms with van der Waals surface area (Å²) in [6, 6.07) is 7.06. The third kappa shape index (κ3) is 3.93. The van der Waals surface area contributed by atoms with Gasteiger partial charge >= 0.3 is 0 Å². The number of aromatic nitrogens is 1. The second kappa shape index (κ2) is 7.33. The molecule has 0 saturated heterocycles. The van der Waals surface area contributed by atoms with Gasteiger partial charge < -0.3 is 5.73 Å². The molecule has 0 bridgehead atoms. The zero-order chi connectivity index (χ0) is 14.1. The van der Waals surface area contributed by atoms with E-state index in [2.05, 4.69) is 51.1 Å². The number of rotatable bonds is 3. The minimum Gasteiger partial charge on any atom is -0.375 e. The molecule has 2 heterocycles. The summed E-state index contributed by atoms with van der Waals surface area (Å²) >= 11 is 7.11. The van der Waals surface area contributed by atoms with Gasteiger partial charge in [0.05, 0.1) is 0 Å². The van der Waals surface area contributed by atoms with Gasteiger partial charge in [0.1, 0.15) is 0 Å². The first-order valence-corrected chi connectivity index (χ1v) is 9.05. The van der Waals surface area contributed by atoms with Crippen molar-refractivity contribution in [2.24, 2.45) is 0 Å². The molecule has 0 spiro atoms. The van der Waals surface area contributed by atoms with Crippen LogP contribution in [0, 0.1) is 0 Å². The van der Waals surface area contributed by atoms with Crippen molar-refractivity contribution in [1.82, 2.24) is 9.88 Å². The lowest BCUT2D eigenvalue weighted by Crippen LogP contribution is -2.26. The van der Waals surface area contributed by atoms with Crippen molar-refractivity contribution >= 4 is 56.6 Å². The third-order valence-corrected chi connectivity index (χ3v) is 5.92. The standard InChI is InChI=1S/C14H16BrN3S2.ClH/c1-18(8-10-7-17-14(16)20-10)12-4-5-19-13-3-2-9(15)6-11(12)13;/h2-3,6-7,12H,4-5,8H2,1H3,(H2,16,17);1H. The Bertz CT molecular complexity index is 620. The lowest BCUT2D eigenvalue weighted by molar-refractivity contribution is 0.229. The number of halogens is 2. The maximum atomic E-state index is 5.71. The van der Waals surface area contributed by atoms with Crippen LogP contribution in [-0.4, -0.2) is 22.7 Å². The lowest BCUT2D eigenvalue weighted by Gasteiger charge is -2.32. The largest absolute Gasteiger partial charge is 0.375 e. The SMILES string of the molecule is CN(Cc1cnc(N)s1)C1CCSc2ccc(Br)cc21.Cl. The van der Waals surface area contributed by atoms with Gasteiger partial charge in [-0.1, -0.05) is 15.9 Å². The number of nitrogen functional groups attached to an aromatic ring is 1. The molecule has 1 aromatic heterocycles. The average molecular weight is 407 g/mol. The Morgan fingerprint density at radius 3 is 3.00 bits per heavy atom. The number of nitrogens with two attached hydrogens (primary N) is 1. The predicted molar refractivity (Wildman–Crippen MR) is 97.5 cm³/mol. The van der Waals surface area contributed by atoms with Crippen LogP contribution in [0.1, 0.15) is 22.9 Å². The van der Waals surface area contributed by atoms with E-state index in [9.17, 15) is 0 Å². The second-order valence-corrected chi connectivity index (χ2v) is 8.11. The molecule has 3 rings (SSSR count). The summed E-state index contributed by atoms with van der Waals surface area (Å²) in [5, 5.41) is 0.649. The minimum atomic E-state index is 0. The summed E-state index contributed by atoms with van der Waals surface area (Å²) in [6.07, 6.45) is 3.06. The number of thioether (sulfide) groups is 1. The van der Waals surface area contributed by atoms with Crippen molar-refractivity contribution in [3.8, 4) is 0 Å². The van der Waals surface area contributed by atoms with Crippen LogP contribution in [0.4, 0.5) is 5.13 Å². The summed E-state index contributed by atoms with van der Waals surface area (Å²) in [6.45, 7) is 0.899. The van der Waals surface area contributed by atoms with Crippen molar-refractivity contribution in [3.63, 3.8) is 0 Å². The number of anilines is 1. The Morgan fingerprint density at radius 2 is 2.29 bits per heavy atom. The maximum absolute atomic E-state index is 5.71. The van der Waals surface area contributed by atoms with Crippen molar-refractivity contribution < 1.29 is 0 Å². The van der Waals surface area contributed by atoms with Crippen LogP contribution in [0.2, 0.25) is 0 Å². The number of hydrogen-bond acceptors (Lipinski definition) is 5. The monoisotopic (exact) mass is 405 g/mol. The van der Waals surface area contributed by atoms with E-state index in [1.165, 1.54) is 27.5 Å². The molecule has 1 aliphatic rings. The van der Waals surface area contributed by atoms with E-state index in [1.54, 1.807) is 11.3 Å². The summed E-state index contributed by atoms with van der Waals surface area (Å²) in [5.41, 5.74) is 7.14. The molecular weight excluding hydrogens is 390 g/mol. The van der Waals surface area contributed by atoms with Gasteiger partial charge in [0.2, 0.25) is 0 Å². The molecule has 3 nitrogen and oxygen atoms in total. The molecule has 1 unspecified atom stereocenters. The summed E-state index contributed by atoms with van der Waals surface area (Å²) in [4.78, 5) is 9.16. The van der Waals surface area contributed by atoms with Crippen LogP contribution in [0.5, 0.6) is 0 Å². The smallest absolute Gasteiger partial charge is 0.180 e. The van der Waals surface area contributed by atoms with Gasteiger partial charge in [-0.3, -0.25) is 4.90 Å². The van der Waals surface area contributed by atoms with E-state index in [4.69, 9.17) is 5.73 Å². The fourth-order valence-electron chi connectivity index (χ4n) is 2.56. The van der Waals surface area contributed by atoms with Gasteiger partial charge in [-0.05, 0) is 43.0 Å². The van der Waals surface area contributed by atoms with Crippen LogP contribution < -0.4 is 5.73 Å². The third-order valence-electron chi connectivity index (χ3n) is 3.49. The van der Waals surface area contributed by atoms with Gasteiger partial charge in [0, 0.05) is 33.0 Å². The Kier molecular flexibility index (Phi) is 5.96. The van der Waals surface area contributed by atoms with Crippen LogP contribution in [-0.2, 0) is 6.54 Å². The topological polar surface area (TPSA) is 42.2 Å². The molecule has 0 amide bonds. The fourth-order valence-corrected chi connectivity index (χ4v) is 4.77. The van der Waals surface area contributed by atoms with E-state index in [0.29, 0.717) is 11.2 Å². The number of hydrogen-bond donors (Lipinski definition) is 1. The number of benzene rings is 1. The summed E-state index contributed by atoms with van der Waals surface area (Å²) in [7, 11) is 2.18. The average Bonchev–Trinajstić information content (AvgIpc) is 2.83. The van der Waals surface area contributed by atoms with E-state index in [-0.39, 0.29) is 12.4 Å². The zero-order valence-corrected chi connectivity index (χ0v) is 15.6. The predicted octanol–water partition coefficient (Wildman–Crippen LogP) is 4.58. The zero-order valence-electron chi connectivity index (χ0n) is 11.6. The quantitative estimate of drug-likeness (QED) is 0.810. The highest BCUT2D eigenvalue weighted by Gasteiger charge is 2.24. The Morgan fingerprint density at radius 1 is 1.48 bits per heavy atom. The summed E-state index contributed by atoms with van der Waals surface area (Å²) < 4.78 is 1.15. The van der Waals surface area contributed by atoms with Gasteiger partial charge in [-0.15, -0.1) is 35.5 Å². The molecule has 0 saturated carbocycles. The lowest BCUT2D eigenvalue weighted by atomic mass is 10.0. The molecular formula is C14H17BrClN3S2. The molecule has 2 aromatic rings. The first kappa shape index (κ1) is 17.1. The molecule has 0 aliphatic carbocycles. The van der Waals surface area contributed by atoms with E-state index >= 15 is 0 Å². The summed E-state index contributed by atoms with van der Waals surface area (Å²) in [5.74, 6) is 1.18. The Hall–Kier alpha value is -0.270. The molecule has 7 heteroatoms. The highest BCUT2D eigenvalue weighted by molar-refractivity contribution is 9.10. The normalized spacial score (nSPS) is 17.4. The molecule has 0 radical (unpaired) electrons. The van der Waals surface area contributed by atoms with Gasteiger partial charge in [-0.2, -0.15) is 0 Å². The van der Waals surface area contributed by atoms with Crippen molar-refractivity contribution in [2.75, 3.05) is 18.5 Å². The second-order valence-electron chi connectivity index (χ2n) is 4.92. The van der Waals surface area contributed by atoms with Crippen LogP contribution >= 0.6 is 51.4 Å². The van der Waals surface area contributed by atoms with Crippen molar-refractivity contribution in [2.45, 2.75) is 23.9 Å². The van der Waals surface area contributed by atoms with Crippen molar-refractivity contribution in [1.29, 1.82) is 0 Å². The van der Waals surface area contributed by atoms with Gasteiger partial charge in [-0.25, -0.2) is 4.98 Å². The Labute approximate surface area is 147 Å². The molecule has 21 heavy (non-hydrogen) atoms. The number of thiazole rings is 1. The molecule has 0 fully saturated rings. The Balaban J connectivity index is 0.00000161.